The second-order valence-corrected chi connectivity index (χ2v) is 8.42. The number of nitrogens with zero attached hydrogens (tertiary/aromatic N) is 1. The molecule has 9 heteroatoms. The standard InChI is InChI=1S/C20H25FN2O5S/c1-13(15-6-8-16(21)9-7-15)22-20(24)14(2)23(29(5,25)26)17-10-11-18(27-3)19(12-17)28-4/h6-14H,1-5H3,(H,22,24)/t13-,14-/m0/s1. The zero-order valence-corrected chi connectivity index (χ0v) is 17.8. The van der Waals surface area contributed by atoms with Crippen molar-refractivity contribution in [3.8, 4) is 11.5 Å². The fourth-order valence-electron chi connectivity index (χ4n) is 2.94. The second-order valence-electron chi connectivity index (χ2n) is 6.56. The molecule has 0 fully saturated rings. The van der Waals surface area contributed by atoms with Gasteiger partial charge in [0.1, 0.15) is 11.9 Å². The van der Waals surface area contributed by atoms with Crippen LogP contribution >= 0.6 is 0 Å². The SMILES string of the molecule is COc1ccc(N([C@@H](C)C(=O)N[C@@H](C)c2ccc(F)cc2)S(C)(=O)=O)cc1OC. The summed E-state index contributed by atoms with van der Waals surface area (Å²) in [6.45, 7) is 3.23. The van der Waals surface area contributed by atoms with E-state index in [4.69, 9.17) is 9.47 Å². The van der Waals surface area contributed by atoms with Gasteiger partial charge in [-0.2, -0.15) is 0 Å². The molecule has 2 aromatic rings. The molecule has 0 aliphatic heterocycles. The predicted octanol–water partition coefficient (Wildman–Crippen LogP) is 2.87. The number of nitrogens with one attached hydrogen (secondary N) is 1. The molecular formula is C20H25FN2O5S. The third-order valence-electron chi connectivity index (χ3n) is 4.44. The molecule has 1 amide bonds. The molecule has 0 bridgehead atoms. The van der Waals surface area contributed by atoms with Crippen LogP contribution in [0.1, 0.15) is 25.5 Å². The highest BCUT2D eigenvalue weighted by atomic mass is 32.2. The Morgan fingerprint density at radius 3 is 2.14 bits per heavy atom. The molecule has 7 nitrogen and oxygen atoms in total. The van der Waals surface area contributed by atoms with Crippen LogP contribution in [-0.2, 0) is 14.8 Å². The van der Waals surface area contributed by atoms with Crippen LogP contribution in [0.4, 0.5) is 10.1 Å². The van der Waals surface area contributed by atoms with Crippen LogP contribution < -0.4 is 19.1 Å². The summed E-state index contributed by atoms with van der Waals surface area (Å²) in [5, 5.41) is 2.77. The first-order valence-electron chi connectivity index (χ1n) is 8.85. The Morgan fingerprint density at radius 2 is 1.62 bits per heavy atom. The average molecular weight is 424 g/mol. The third kappa shape index (κ3) is 5.38. The van der Waals surface area contributed by atoms with E-state index < -0.39 is 28.0 Å². The Bertz CT molecular complexity index is 963. The first-order valence-corrected chi connectivity index (χ1v) is 10.7. The molecule has 0 saturated carbocycles. The number of carbonyl (C=O) groups excluding carboxylic acids is 1. The van der Waals surface area contributed by atoms with E-state index >= 15 is 0 Å². The summed E-state index contributed by atoms with van der Waals surface area (Å²) in [5.74, 6) is -0.0999. The highest BCUT2D eigenvalue weighted by molar-refractivity contribution is 7.92. The highest BCUT2D eigenvalue weighted by Gasteiger charge is 2.30. The van der Waals surface area contributed by atoms with E-state index in [1.54, 1.807) is 25.1 Å². The van der Waals surface area contributed by atoms with Crippen molar-refractivity contribution < 1.29 is 27.1 Å². The number of sulfonamides is 1. The van der Waals surface area contributed by atoms with Crippen LogP contribution in [0.3, 0.4) is 0 Å². The van der Waals surface area contributed by atoms with Gasteiger partial charge in [-0.3, -0.25) is 9.10 Å². The molecule has 2 rings (SSSR count). The maximum atomic E-state index is 13.1. The number of benzene rings is 2. The minimum Gasteiger partial charge on any atom is -0.493 e. The topological polar surface area (TPSA) is 84.9 Å². The quantitative estimate of drug-likeness (QED) is 0.704. The number of hydrogen-bond acceptors (Lipinski definition) is 5. The van der Waals surface area contributed by atoms with E-state index in [0.717, 1.165) is 10.6 Å². The smallest absolute Gasteiger partial charge is 0.244 e. The van der Waals surface area contributed by atoms with E-state index in [1.807, 2.05) is 0 Å². The summed E-state index contributed by atoms with van der Waals surface area (Å²) in [4.78, 5) is 12.8. The third-order valence-corrected chi connectivity index (χ3v) is 5.68. The molecule has 158 valence electrons. The van der Waals surface area contributed by atoms with E-state index in [0.29, 0.717) is 17.1 Å². The van der Waals surface area contributed by atoms with Crippen molar-refractivity contribution in [2.45, 2.75) is 25.9 Å². The van der Waals surface area contributed by atoms with Gasteiger partial charge < -0.3 is 14.8 Å². The number of hydrogen-bond donors (Lipinski definition) is 1. The summed E-state index contributed by atoms with van der Waals surface area (Å²) in [5.41, 5.74) is 0.964. The van der Waals surface area contributed by atoms with Crippen LogP contribution in [0.25, 0.3) is 0 Å². The van der Waals surface area contributed by atoms with E-state index in [1.165, 1.54) is 45.4 Å². The molecule has 0 radical (unpaired) electrons. The van der Waals surface area contributed by atoms with Gasteiger partial charge in [0.2, 0.25) is 15.9 Å². The van der Waals surface area contributed by atoms with Gasteiger partial charge >= 0.3 is 0 Å². The first-order chi connectivity index (χ1) is 13.6. The molecule has 0 saturated heterocycles. The molecule has 29 heavy (non-hydrogen) atoms. The lowest BCUT2D eigenvalue weighted by Gasteiger charge is -2.29. The van der Waals surface area contributed by atoms with Crippen molar-refractivity contribution in [1.82, 2.24) is 5.32 Å². The molecule has 0 aliphatic rings. The van der Waals surface area contributed by atoms with Crippen LogP contribution in [0.2, 0.25) is 0 Å². The minimum absolute atomic E-state index is 0.266. The van der Waals surface area contributed by atoms with Crippen LogP contribution in [0.5, 0.6) is 11.5 Å². The lowest BCUT2D eigenvalue weighted by molar-refractivity contribution is -0.122. The fraction of sp³-hybridized carbons (Fsp3) is 0.350. The van der Waals surface area contributed by atoms with Gasteiger partial charge in [-0.05, 0) is 43.7 Å². The normalized spacial score (nSPS) is 13.3. The minimum atomic E-state index is -3.79. The largest absolute Gasteiger partial charge is 0.493 e. The van der Waals surface area contributed by atoms with Gasteiger partial charge in [-0.15, -0.1) is 0 Å². The maximum absolute atomic E-state index is 13.1. The van der Waals surface area contributed by atoms with E-state index in [9.17, 15) is 17.6 Å². The van der Waals surface area contributed by atoms with E-state index in [2.05, 4.69) is 5.32 Å². The molecule has 2 aromatic carbocycles. The Morgan fingerprint density at radius 1 is 1.03 bits per heavy atom. The number of halogens is 1. The van der Waals surface area contributed by atoms with Gasteiger partial charge in [0.05, 0.1) is 32.2 Å². The number of methoxy groups -OCH3 is 2. The Balaban J connectivity index is 2.30. The van der Waals surface area contributed by atoms with Crippen molar-refractivity contribution in [3.63, 3.8) is 0 Å². The molecule has 0 heterocycles. The lowest BCUT2D eigenvalue weighted by Crippen LogP contribution is -2.48. The Kier molecular flexibility index (Phi) is 7.07. The Labute approximate surface area is 170 Å². The lowest BCUT2D eigenvalue weighted by atomic mass is 10.1. The summed E-state index contributed by atoms with van der Waals surface area (Å²) in [6.07, 6.45) is 1.02. The summed E-state index contributed by atoms with van der Waals surface area (Å²) in [7, 11) is -0.878. The van der Waals surface area contributed by atoms with Crippen molar-refractivity contribution in [2.24, 2.45) is 0 Å². The molecule has 0 spiro atoms. The number of amides is 1. The summed E-state index contributed by atoms with van der Waals surface area (Å²) >= 11 is 0. The van der Waals surface area contributed by atoms with Gasteiger partial charge in [-0.25, -0.2) is 12.8 Å². The second kappa shape index (κ2) is 9.13. The zero-order valence-electron chi connectivity index (χ0n) is 17.0. The maximum Gasteiger partial charge on any atom is 0.244 e. The van der Waals surface area contributed by atoms with Gasteiger partial charge in [0.15, 0.2) is 11.5 Å². The monoisotopic (exact) mass is 424 g/mol. The number of anilines is 1. The molecule has 0 aliphatic carbocycles. The van der Waals surface area contributed by atoms with Crippen LogP contribution in [-0.4, -0.2) is 40.8 Å². The fourth-order valence-corrected chi connectivity index (χ4v) is 4.11. The number of rotatable bonds is 8. The van der Waals surface area contributed by atoms with Gasteiger partial charge in [0.25, 0.3) is 0 Å². The van der Waals surface area contributed by atoms with Gasteiger partial charge in [-0.1, -0.05) is 12.1 Å². The molecule has 2 atom stereocenters. The first kappa shape index (κ1) is 22.5. The van der Waals surface area contributed by atoms with E-state index in [-0.39, 0.29) is 11.5 Å². The molecule has 1 N–H and O–H groups in total. The van der Waals surface area contributed by atoms with Crippen molar-refractivity contribution >= 4 is 21.6 Å². The zero-order chi connectivity index (χ0) is 21.8. The molecule has 0 unspecified atom stereocenters. The van der Waals surface area contributed by atoms with Crippen LogP contribution in [0, 0.1) is 5.82 Å². The van der Waals surface area contributed by atoms with Gasteiger partial charge in [0, 0.05) is 6.07 Å². The molecular weight excluding hydrogens is 399 g/mol. The van der Waals surface area contributed by atoms with Crippen molar-refractivity contribution in [3.05, 3.63) is 53.8 Å². The number of ether oxygens (including phenoxy) is 2. The highest BCUT2D eigenvalue weighted by Crippen LogP contribution is 2.33. The van der Waals surface area contributed by atoms with Crippen LogP contribution in [0.15, 0.2) is 42.5 Å². The van der Waals surface area contributed by atoms with Crippen molar-refractivity contribution in [1.29, 1.82) is 0 Å². The summed E-state index contributed by atoms with van der Waals surface area (Å²) < 4.78 is 49.4. The number of carbonyl (C=O) groups is 1. The Hall–Kier alpha value is -2.81. The van der Waals surface area contributed by atoms with Crippen molar-refractivity contribution in [2.75, 3.05) is 24.8 Å². The predicted molar refractivity (Wildman–Crippen MR) is 109 cm³/mol. The average Bonchev–Trinajstić information content (AvgIpc) is 2.67. The summed E-state index contributed by atoms with van der Waals surface area (Å²) in [6, 6.07) is 8.85. The molecule has 0 aromatic heterocycles.